The van der Waals surface area contributed by atoms with E-state index in [1.165, 1.54) is 15.9 Å². The first-order chi connectivity index (χ1) is 10.1. The van der Waals surface area contributed by atoms with Crippen LogP contribution in [0.25, 0.3) is 0 Å². The second-order valence-corrected chi connectivity index (χ2v) is 7.01. The lowest BCUT2D eigenvalue weighted by molar-refractivity contribution is -0.364. The van der Waals surface area contributed by atoms with Crippen LogP contribution in [-0.2, 0) is 20.2 Å². The molecule has 0 saturated heterocycles. The van der Waals surface area contributed by atoms with Crippen LogP contribution in [0.4, 0.5) is 0 Å². The number of hydrogen-bond donors (Lipinski definition) is 0. The van der Waals surface area contributed by atoms with Gasteiger partial charge in [0.2, 0.25) is 0 Å². The van der Waals surface area contributed by atoms with Crippen molar-refractivity contribution >= 4 is 19.9 Å². The zero-order chi connectivity index (χ0) is 15.3. The lowest BCUT2D eigenvalue weighted by Gasteiger charge is -2.29. The molecule has 0 aliphatic heterocycles. The minimum Gasteiger partial charge on any atom is -0.327 e. The van der Waals surface area contributed by atoms with Gasteiger partial charge in [0.25, 0.3) is 0 Å². The van der Waals surface area contributed by atoms with Crippen LogP contribution in [0.5, 0.6) is 0 Å². The molecule has 0 heterocycles. The number of ether oxygens (including phenoxy) is 3. The lowest BCUT2D eigenvalue weighted by atomic mass is 10.2. The summed E-state index contributed by atoms with van der Waals surface area (Å²) in [5.41, 5.74) is 2.16. The second kappa shape index (κ2) is 7.00. The van der Waals surface area contributed by atoms with Crippen molar-refractivity contribution in [3.05, 3.63) is 59.7 Å². The molecule has 0 spiro atoms. The first-order valence-electron chi connectivity index (χ1n) is 6.94. The molecule has 2 rings (SSSR count). The molecule has 0 N–H and O–H groups in total. The molecular weight excluding hydrogens is 280 g/mol. The molecule has 0 fully saturated rings. The van der Waals surface area contributed by atoms with Crippen molar-refractivity contribution in [2.45, 2.75) is 12.9 Å². The van der Waals surface area contributed by atoms with Gasteiger partial charge in [0.05, 0.1) is 9.52 Å². The van der Waals surface area contributed by atoms with Crippen molar-refractivity contribution in [1.82, 2.24) is 0 Å². The summed E-state index contributed by atoms with van der Waals surface area (Å²) in [5, 5.41) is 2.81. The van der Waals surface area contributed by atoms with Crippen LogP contribution in [0.1, 0.15) is 11.1 Å². The van der Waals surface area contributed by atoms with Crippen LogP contribution >= 0.6 is 0 Å². The van der Waals surface area contributed by atoms with E-state index in [0.29, 0.717) is 0 Å². The molecule has 2 aromatic carbocycles. The molecule has 21 heavy (non-hydrogen) atoms. The first kappa shape index (κ1) is 15.9. The predicted octanol–water partition coefficient (Wildman–Crippen LogP) is 1.16. The maximum absolute atomic E-state index is 5.36. The highest BCUT2D eigenvalue weighted by molar-refractivity contribution is 6.67. The van der Waals surface area contributed by atoms with Crippen molar-refractivity contribution < 1.29 is 14.2 Å². The molecule has 112 valence electrons. The Hall–Kier alpha value is -1.46. The lowest BCUT2D eigenvalue weighted by Crippen LogP contribution is -2.34. The third-order valence-corrected chi connectivity index (χ3v) is 5.40. The molecular formula is C17H22O3Si. The molecule has 0 radical (unpaired) electrons. The summed E-state index contributed by atoms with van der Waals surface area (Å²) in [4.78, 5) is 0. The van der Waals surface area contributed by atoms with Crippen molar-refractivity contribution in [3.63, 3.8) is 0 Å². The SMILES string of the molecule is COC(OC)(OC)c1ccc([SiH2]c2ccc(C)cc2)cc1. The van der Waals surface area contributed by atoms with Crippen molar-refractivity contribution in [3.8, 4) is 0 Å². The third-order valence-electron chi connectivity index (χ3n) is 3.64. The zero-order valence-electron chi connectivity index (χ0n) is 13.1. The molecule has 2 aromatic rings. The van der Waals surface area contributed by atoms with E-state index in [1.807, 2.05) is 12.1 Å². The Kier molecular flexibility index (Phi) is 5.31. The summed E-state index contributed by atoms with van der Waals surface area (Å²) in [6, 6.07) is 17.1. The molecule has 0 bridgehead atoms. The zero-order valence-corrected chi connectivity index (χ0v) is 14.5. The van der Waals surface area contributed by atoms with E-state index < -0.39 is 15.5 Å². The van der Waals surface area contributed by atoms with Crippen LogP contribution in [0.15, 0.2) is 48.5 Å². The maximum atomic E-state index is 5.36. The van der Waals surface area contributed by atoms with Crippen LogP contribution in [0.2, 0.25) is 0 Å². The average molecular weight is 302 g/mol. The Balaban J connectivity index is 2.17. The average Bonchev–Trinajstić information content (AvgIpc) is 2.53. The summed E-state index contributed by atoms with van der Waals surface area (Å²) in [6.45, 7) is 2.11. The van der Waals surface area contributed by atoms with Gasteiger partial charge in [-0.2, -0.15) is 0 Å². The second-order valence-electron chi connectivity index (χ2n) is 5.03. The van der Waals surface area contributed by atoms with Crippen molar-refractivity contribution in [1.29, 1.82) is 0 Å². The Labute approximate surface area is 128 Å². The summed E-state index contributed by atoms with van der Waals surface area (Å²) in [5.74, 6) is -1.12. The molecule has 4 heteroatoms. The van der Waals surface area contributed by atoms with Crippen molar-refractivity contribution in [2.24, 2.45) is 0 Å². The normalized spacial score (nSPS) is 12.2. The minimum atomic E-state index is -1.12. The van der Waals surface area contributed by atoms with Crippen LogP contribution in [-0.4, -0.2) is 30.8 Å². The van der Waals surface area contributed by atoms with Crippen LogP contribution in [0, 0.1) is 6.92 Å². The van der Waals surface area contributed by atoms with E-state index in [9.17, 15) is 0 Å². The highest BCUT2D eigenvalue weighted by Gasteiger charge is 2.32. The summed E-state index contributed by atoms with van der Waals surface area (Å²) in [6.07, 6.45) is 0. The predicted molar refractivity (Wildman–Crippen MR) is 88.1 cm³/mol. The number of hydrogen-bond acceptors (Lipinski definition) is 3. The van der Waals surface area contributed by atoms with Gasteiger partial charge in [-0.15, -0.1) is 0 Å². The quantitative estimate of drug-likeness (QED) is 0.592. The van der Waals surface area contributed by atoms with Gasteiger partial charge in [-0.25, -0.2) is 0 Å². The molecule has 0 aliphatic carbocycles. The largest absolute Gasteiger partial charge is 0.327 e. The Morgan fingerprint density at radius 2 is 1.14 bits per heavy atom. The van der Waals surface area contributed by atoms with E-state index in [0.717, 1.165) is 5.56 Å². The summed E-state index contributed by atoms with van der Waals surface area (Å²) < 4.78 is 16.1. The van der Waals surface area contributed by atoms with E-state index in [-0.39, 0.29) is 0 Å². The molecule has 0 unspecified atom stereocenters. The monoisotopic (exact) mass is 302 g/mol. The van der Waals surface area contributed by atoms with Gasteiger partial charge >= 0.3 is 5.97 Å². The van der Waals surface area contributed by atoms with E-state index >= 15 is 0 Å². The van der Waals surface area contributed by atoms with Gasteiger partial charge in [-0.3, -0.25) is 0 Å². The number of rotatable bonds is 6. The van der Waals surface area contributed by atoms with Gasteiger partial charge in [0.1, 0.15) is 0 Å². The third kappa shape index (κ3) is 3.60. The van der Waals surface area contributed by atoms with E-state index in [1.54, 1.807) is 21.3 Å². The molecule has 3 nitrogen and oxygen atoms in total. The smallest absolute Gasteiger partial charge is 0.311 e. The maximum Gasteiger partial charge on any atom is 0.311 e. The minimum absolute atomic E-state index is 0.451. The summed E-state index contributed by atoms with van der Waals surface area (Å²) >= 11 is 0. The number of aryl methyl sites for hydroxylation is 1. The first-order valence-corrected chi connectivity index (χ1v) is 8.35. The number of methoxy groups -OCH3 is 3. The fraction of sp³-hybridized carbons (Fsp3) is 0.294. The molecule has 0 saturated carbocycles. The van der Waals surface area contributed by atoms with Crippen LogP contribution in [0.3, 0.4) is 0 Å². The van der Waals surface area contributed by atoms with Crippen molar-refractivity contribution in [2.75, 3.05) is 21.3 Å². The molecule has 0 aromatic heterocycles. The Morgan fingerprint density at radius 3 is 1.57 bits per heavy atom. The van der Waals surface area contributed by atoms with Gasteiger partial charge in [-0.1, -0.05) is 64.5 Å². The highest BCUT2D eigenvalue weighted by atomic mass is 28.2. The highest BCUT2D eigenvalue weighted by Crippen LogP contribution is 2.25. The van der Waals surface area contributed by atoms with Crippen LogP contribution < -0.4 is 10.4 Å². The van der Waals surface area contributed by atoms with Gasteiger partial charge in [-0.05, 0) is 6.92 Å². The van der Waals surface area contributed by atoms with Gasteiger partial charge < -0.3 is 14.2 Å². The van der Waals surface area contributed by atoms with Gasteiger partial charge in [0, 0.05) is 26.9 Å². The van der Waals surface area contributed by atoms with E-state index in [2.05, 4.69) is 43.3 Å². The van der Waals surface area contributed by atoms with Gasteiger partial charge in [0.15, 0.2) is 0 Å². The fourth-order valence-electron chi connectivity index (χ4n) is 2.37. The molecule has 0 atom stereocenters. The Bertz CT molecular complexity index is 551. The number of benzene rings is 2. The summed E-state index contributed by atoms with van der Waals surface area (Å²) in [7, 11) is 4.26. The van der Waals surface area contributed by atoms with E-state index in [4.69, 9.17) is 14.2 Å². The molecule has 0 aliphatic rings. The fourth-order valence-corrected chi connectivity index (χ4v) is 3.79. The Morgan fingerprint density at radius 1 is 0.714 bits per heavy atom. The molecule has 0 amide bonds. The standard InChI is InChI=1S/C17H22O3Si/c1-13-5-9-15(10-6-13)21-16-11-7-14(8-12-16)17(18-2,19-3)20-4/h5-12H,21H2,1-4H3. The topological polar surface area (TPSA) is 27.7 Å².